The zero-order chi connectivity index (χ0) is 22.3. The number of amides is 1. The second-order valence-corrected chi connectivity index (χ2v) is 8.22. The second kappa shape index (κ2) is 8.37. The predicted molar refractivity (Wildman–Crippen MR) is 120 cm³/mol. The number of fused-ring (bicyclic) bond motifs is 1. The van der Waals surface area contributed by atoms with Gasteiger partial charge in [0.1, 0.15) is 0 Å². The summed E-state index contributed by atoms with van der Waals surface area (Å²) in [5.74, 6) is 0.391. The molecule has 1 aliphatic rings. The Morgan fingerprint density at radius 2 is 1.81 bits per heavy atom. The zero-order valence-electron chi connectivity index (χ0n) is 17.0. The van der Waals surface area contributed by atoms with Crippen molar-refractivity contribution in [3.63, 3.8) is 0 Å². The van der Waals surface area contributed by atoms with Crippen LogP contribution in [0.3, 0.4) is 0 Å². The number of H-pyrrole nitrogens is 1. The Labute approximate surface area is 187 Å². The number of carbonyl (C=O) groups excluding carboxylic acids is 1. The van der Waals surface area contributed by atoms with E-state index in [9.17, 15) is 14.4 Å². The van der Waals surface area contributed by atoms with Crippen LogP contribution in [-0.2, 0) is 18.9 Å². The van der Waals surface area contributed by atoms with Crippen molar-refractivity contribution in [3.8, 4) is 0 Å². The van der Waals surface area contributed by atoms with E-state index in [4.69, 9.17) is 23.2 Å². The minimum Gasteiger partial charge on any atom is -0.340 e. The maximum absolute atomic E-state index is 12.4. The van der Waals surface area contributed by atoms with E-state index in [1.807, 2.05) is 9.80 Å². The third kappa shape index (κ3) is 4.18. The lowest BCUT2D eigenvalue weighted by Gasteiger charge is -2.34. The Morgan fingerprint density at radius 3 is 2.48 bits per heavy atom. The van der Waals surface area contributed by atoms with E-state index in [1.165, 1.54) is 11.6 Å². The number of anilines is 2. The molecule has 10 nitrogen and oxygen atoms in total. The number of aryl methyl sites for hydroxylation is 1. The van der Waals surface area contributed by atoms with Gasteiger partial charge in [0.25, 0.3) is 5.56 Å². The molecule has 3 aromatic rings. The standard InChI is InChI=1S/C19H21Cl2N7O3/c1-25-16-15(17(30)26(2)19(25)31)23-18(24-16)28-7-5-27(6-8-28)10-14(29)22-11-3-4-12(20)13(21)9-11/h3-4,9H,5-8,10H2,1-2H3,(H,22,29)(H,23,24). The summed E-state index contributed by atoms with van der Waals surface area (Å²) >= 11 is 11.9. The summed E-state index contributed by atoms with van der Waals surface area (Å²) in [5, 5.41) is 3.63. The summed E-state index contributed by atoms with van der Waals surface area (Å²) in [4.78, 5) is 48.3. The highest BCUT2D eigenvalue weighted by molar-refractivity contribution is 6.42. The summed E-state index contributed by atoms with van der Waals surface area (Å²) < 4.78 is 2.40. The number of carbonyl (C=O) groups is 1. The van der Waals surface area contributed by atoms with E-state index in [0.717, 1.165) is 4.57 Å². The van der Waals surface area contributed by atoms with Crippen LogP contribution < -0.4 is 21.5 Å². The number of hydrogen-bond donors (Lipinski definition) is 2. The van der Waals surface area contributed by atoms with Crippen molar-refractivity contribution in [2.24, 2.45) is 14.1 Å². The van der Waals surface area contributed by atoms with Crippen LogP contribution in [-0.4, -0.2) is 62.6 Å². The molecule has 1 amide bonds. The second-order valence-electron chi connectivity index (χ2n) is 7.41. The van der Waals surface area contributed by atoms with Gasteiger partial charge in [-0.2, -0.15) is 4.98 Å². The molecule has 0 bridgehead atoms. The van der Waals surface area contributed by atoms with Crippen LogP contribution in [0, 0.1) is 0 Å². The number of aromatic amines is 1. The summed E-state index contributed by atoms with van der Waals surface area (Å²) in [5.41, 5.74) is 0.380. The Morgan fingerprint density at radius 1 is 1.10 bits per heavy atom. The number of halogens is 2. The van der Waals surface area contributed by atoms with Crippen LogP contribution in [0.5, 0.6) is 0 Å². The van der Waals surface area contributed by atoms with Gasteiger partial charge in [-0.15, -0.1) is 0 Å². The van der Waals surface area contributed by atoms with Crippen LogP contribution in [0.25, 0.3) is 11.2 Å². The van der Waals surface area contributed by atoms with Crippen LogP contribution in [0.2, 0.25) is 10.0 Å². The average molecular weight is 466 g/mol. The van der Waals surface area contributed by atoms with Gasteiger partial charge in [0, 0.05) is 46.0 Å². The predicted octanol–water partition coefficient (Wildman–Crippen LogP) is 1.03. The molecule has 1 saturated heterocycles. The number of aromatic nitrogens is 4. The molecule has 0 aliphatic carbocycles. The SMILES string of the molecule is Cn1c(=O)c2[nH]c(N3CCN(CC(=O)Nc4ccc(Cl)c(Cl)c4)CC3)nc2n(C)c1=O. The lowest BCUT2D eigenvalue weighted by molar-refractivity contribution is -0.117. The van der Waals surface area contributed by atoms with Gasteiger partial charge in [-0.05, 0) is 18.2 Å². The van der Waals surface area contributed by atoms with E-state index in [0.29, 0.717) is 59.0 Å². The summed E-state index contributed by atoms with van der Waals surface area (Å²) in [6, 6.07) is 4.94. The van der Waals surface area contributed by atoms with Crippen molar-refractivity contribution in [1.82, 2.24) is 24.0 Å². The van der Waals surface area contributed by atoms with Crippen molar-refractivity contribution < 1.29 is 4.79 Å². The molecule has 4 rings (SSSR count). The number of hydrogen-bond acceptors (Lipinski definition) is 6. The molecule has 2 aromatic heterocycles. The van der Waals surface area contributed by atoms with Crippen LogP contribution in [0.15, 0.2) is 27.8 Å². The first-order chi connectivity index (χ1) is 14.7. The first-order valence-electron chi connectivity index (χ1n) is 9.62. The number of imidazole rings is 1. The highest BCUT2D eigenvalue weighted by atomic mass is 35.5. The van der Waals surface area contributed by atoms with Gasteiger partial charge in [-0.1, -0.05) is 23.2 Å². The van der Waals surface area contributed by atoms with Gasteiger partial charge in [0.15, 0.2) is 11.2 Å². The van der Waals surface area contributed by atoms with Gasteiger partial charge in [0.05, 0.1) is 16.6 Å². The zero-order valence-corrected chi connectivity index (χ0v) is 18.5. The van der Waals surface area contributed by atoms with E-state index >= 15 is 0 Å². The van der Waals surface area contributed by atoms with E-state index in [1.54, 1.807) is 25.2 Å². The lowest BCUT2D eigenvalue weighted by Crippen LogP contribution is -2.49. The molecule has 1 aromatic carbocycles. The van der Waals surface area contributed by atoms with Crippen LogP contribution >= 0.6 is 23.2 Å². The van der Waals surface area contributed by atoms with Gasteiger partial charge in [-0.25, -0.2) is 4.79 Å². The van der Waals surface area contributed by atoms with Crippen molar-refractivity contribution in [2.45, 2.75) is 0 Å². The summed E-state index contributed by atoms with van der Waals surface area (Å²) in [7, 11) is 3.02. The number of nitrogens with one attached hydrogen (secondary N) is 2. The lowest BCUT2D eigenvalue weighted by atomic mass is 10.3. The molecule has 1 aliphatic heterocycles. The molecule has 0 saturated carbocycles. The van der Waals surface area contributed by atoms with Crippen LogP contribution in [0.4, 0.5) is 11.6 Å². The summed E-state index contributed by atoms with van der Waals surface area (Å²) in [6.45, 7) is 2.76. The molecule has 2 N–H and O–H groups in total. The molecular weight excluding hydrogens is 445 g/mol. The summed E-state index contributed by atoms with van der Waals surface area (Å²) in [6.07, 6.45) is 0. The normalized spacial score (nSPS) is 14.9. The molecule has 164 valence electrons. The Balaban J connectivity index is 1.39. The van der Waals surface area contributed by atoms with Crippen molar-refractivity contribution in [3.05, 3.63) is 49.1 Å². The molecule has 0 atom stereocenters. The van der Waals surface area contributed by atoms with Gasteiger partial charge in [-0.3, -0.25) is 23.6 Å². The fraction of sp³-hybridized carbons (Fsp3) is 0.368. The fourth-order valence-electron chi connectivity index (χ4n) is 3.56. The molecule has 12 heteroatoms. The fourth-order valence-corrected chi connectivity index (χ4v) is 3.86. The quantitative estimate of drug-likeness (QED) is 0.595. The topological polar surface area (TPSA) is 108 Å². The largest absolute Gasteiger partial charge is 0.340 e. The third-order valence-electron chi connectivity index (χ3n) is 5.32. The average Bonchev–Trinajstić information content (AvgIpc) is 3.19. The smallest absolute Gasteiger partial charge is 0.332 e. The highest BCUT2D eigenvalue weighted by Crippen LogP contribution is 2.25. The number of benzene rings is 1. The molecule has 1 fully saturated rings. The Kier molecular flexibility index (Phi) is 5.78. The van der Waals surface area contributed by atoms with Crippen LogP contribution in [0.1, 0.15) is 0 Å². The van der Waals surface area contributed by atoms with Gasteiger partial charge in [0.2, 0.25) is 11.9 Å². The molecular formula is C19H21Cl2N7O3. The van der Waals surface area contributed by atoms with Crippen molar-refractivity contribution >= 4 is 51.9 Å². The maximum atomic E-state index is 12.4. The monoisotopic (exact) mass is 465 g/mol. The Bertz CT molecular complexity index is 1270. The minimum absolute atomic E-state index is 0.144. The van der Waals surface area contributed by atoms with E-state index in [2.05, 4.69) is 15.3 Å². The molecule has 0 radical (unpaired) electrons. The molecule has 31 heavy (non-hydrogen) atoms. The Hall–Kier alpha value is -2.82. The van der Waals surface area contributed by atoms with Crippen molar-refractivity contribution in [1.29, 1.82) is 0 Å². The molecule has 0 spiro atoms. The molecule has 3 heterocycles. The van der Waals surface area contributed by atoms with Gasteiger partial charge >= 0.3 is 5.69 Å². The first-order valence-corrected chi connectivity index (χ1v) is 10.4. The van der Waals surface area contributed by atoms with Gasteiger partial charge < -0.3 is 15.2 Å². The van der Waals surface area contributed by atoms with Crippen molar-refractivity contribution in [2.75, 3.05) is 42.9 Å². The minimum atomic E-state index is -0.423. The molecule has 0 unspecified atom stereocenters. The van der Waals surface area contributed by atoms with E-state index < -0.39 is 11.2 Å². The number of nitrogens with zero attached hydrogens (tertiary/aromatic N) is 5. The number of rotatable bonds is 4. The third-order valence-corrected chi connectivity index (χ3v) is 6.06. The highest BCUT2D eigenvalue weighted by Gasteiger charge is 2.23. The van der Waals surface area contributed by atoms with E-state index in [-0.39, 0.29) is 12.5 Å². The first kappa shape index (κ1) is 21.4. The number of piperazine rings is 1. The maximum Gasteiger partial charge on any atom is 0.332 e.